The average molecular weight is 453 g/mol. The summed E-state index contributed by atoms with van der Waals surface area (Å²) in [5.74, 6) is 0.610. The number of hydrogen-bond acceptors (Lipinski definition) is 6. The maximum Gasteiger partial charge on any atom is 0.419 e. The van der Waals surface area contributed by atoms with Crippen LogP contribution in [0.4, 0.5) is 19.0 Å². The molecule has 0 amide bonds. The zero-order valence-electron chi connectivity index (χ0n) is 18.7. The summed E-state index contributed by atoms with van der Waals surface area (Å²) in [6, 6.07) is 5.71. The van der Waals surface area contributed by atoms with Gasteiger partial charge in [0.25, 0.3) is 0 Å². The number of alkyl halides is 3. The van der Waals surface area contributed by atoms with Crippen molar-refractivity contribution in [2.75, 3.05) is 25.1 Å². The molecule has 1 unspecified atom stereocenters. The largest absolute Gasteiger partial charge is 0.491 e. The van der Waals surface area contributed by atoms with Crippen molar-refractivity contribution in [3.8, 4) is 17.0 Å². The van der Waals surface area contributed by atoms with Crippen molar-refractivity contribution in [2.24, 2.45) is 11.7 Å². The first-order chi connectivity index (χ1) is 15.0. The third-order valence-corrected chi connectivity index (χ3v) is 5.19. The summed E-state index contributed by atoms with van der Waals surface area (Å²) < 4.78 is 52.4. The van der Waals surface area contributed by atoms with Crippen molar-refractivity contribution in [1.29, 1.82) is 0 Å². The Morgan fingerprint density at radius 2 is 2.03 bits per heavy atom. The van der Waals surface area contributed by atoms with E-state index in [1.54, 1.807) is 19.1 Å². The number of nitrogens with one attached hydrogen (secondary N) is 1. The maximum atomic E-state index is 13.8. The molecular weight excluding hydrogens is 421 g/mol. The first kappa shape index (κ1) is 24.3. The van der Waals surface area contributed by atoms with Crippen LogP contribution in [-0.2, 0) is 10.9 Å². The van der Waals surface area contributed by atoms with Crippen LogP contribution in [0.15, 0.2) is 30.6 Å². The molecule has 9 heteroatoms. The van der Waals surface area contributed by atoms with Gasteiger partial charge in [-0.1, -0.05) is 13.8 Å². The Balaban J connectivity index is 1.81. The van der Waals surface area contributed by atoms with Gasteiger partial charge in [0, 0.05) is 23.8 Å². The predicted molar refractivity (Wildman–Crippen MR) is 117 cm³/mol. The molecule has 1 aliphatic heterocycles. The molecule has 2 atom stereocenters. The van der Waals surface area contributed by atoms with Crippen LogP contribution in [0.5, 0.6) is 5.75 Å². The van der Waals surface area contributed by atoms with E-state index in [2.05, 4.69) is 15.3 Å². The first-order valence-electron chi connectivity index (χ1n) is 10.8. The van der Waals surface area contributed by atoms with Crippen LogP contribution >= 0.6 is 0 Å². The Morgan fingerprint density at radius 3 is 2.69 bits per heavy atom. The fourth-order valence-electron chi connectivity index (χ4n) is 3.93. The van der Waals surface area contributed by atoms with Gasteiger partial charge in [0.1, 0.15) is 24.5 Å². The van der Waals surface area contributed by atoms with Crippen LogP contribution in [0.2, 0.25) is 0 Å². The molecule has 176 valence electrons. The molecule has 32 heavy (non-hydrogen) atoms. The van der Waals surface area contributed by atoms with E-state index in [0.29, 0.717) is 36.0 Å². The number of aromatic nitrogens is 2. The number of nitrogens with two attached hydrogens (primary N) is 1. The van der Waals surface area contributed by atoms with E-state index >= 15 is 0 Å². The number of nitrogens with zero attached hydrogens (tertiary/aromatic N) is 2. The number of ether oxygens (including phenoxy) is 2. The van der Waals surface area contributed by atoms with Crippen molar-refractivity contribution < 1.29 is 22.6 Å². The van der Waals surface area contributed by atoms with Crippen molar-refractivity contribution in [1.82, 2.24) is 9.97 Å². The van der Waals surface area contributed by atoms with Crippen LogP contribution in [-0.4, -0.2) is 41.4 Å². The third kappa shape index (κ3) is 6.80. The van der Waals surface area contributed by atoms with Gasteiger partial charge in [0.2, 0.25) is 0 Å². The highest BCUT2D eigenvalue weighted by Gasteiger charge is 2.35. The third-order valence-electron chi connectivity index (χ3n) is 5.19. The fourth-order valence-corrected chi connectivity index (χ4v) is 3.93. The smallest absolute Gasteiger partial charge is 0.419 e. The van der Waals surface area contributed by atoms with Crippen LogP contribution in [0, 0.1) is 5.92 Å². The second-order valence-electron chi connectivity index (χ2n) is 9.10. The lowest BCUT2D eigenvalue weighted by Gasteiger charge is -2.27. The molecule has 3 N–H and O–H groups in total. The summed E-state index contributed by atoms with van der Waals surface area (Å²) in [5.41, 5.74) is 5.33. The topological polar surface area (TPSA) is 82.3 Å². The van der Waals surface area contributed by atoms with E-state index in [-0.39, 0.29) is 18.4 Å². The number of anilines is 1. The molecule has 0 saturated carbocycles. The van der Waals surface area contributed by atoms with Crippen LogP contribution in [0.25, 0.3) is 11.3 Å². The van der Waals surface area contributed by atoms with Gasteiger partial charge < -0.3 is 20.5 Å². The van der Waals surface area contributed by atoms with Gasteiger partial charge in [0.05, 0.1) is 23.9 Å². The second-order valence-corrected chi connectivity index (χ2v) is 9.10. The SMILES string of the molecule is CC(C)C[C@](C)(N)COc1ccc(-c2cc(NC3CCCOC3)ncn2)cc1C(F)(F)F. The second kappa shape index (κ2) is 10.0. The zero-order chi connectivity index (χ0) is 23.4. The van der Waals surface area contributed by atoms with Gasteiger partial charge in [-0.25, -0.2) is 9.97 Å². The predicted octanol–water partition coefficient (Wildman–Crippen LogP) is 4.90. The normalized spacial score (nSPS) is 18.9. The molecule has 1 aromatic carbocycles. The van der Waals surface area contributed by atoms with Crippen molar-refractivity contribution in [3.63, 3.8) is 0 Å². The quantitative estimate of drug-likeness (QED) is 0.593. The summed E-state index contributed by atoms with van der Waals surface area (Å²) in [5, 5.41) is 3.26. The number of benzene rings is 1. The standard InChI is InChI=1S/C23H31F3N4O2/c1-15(2)11-22(3,27)13-32-20-7-6-16(9-18(20)23(24,25)26)19-10-21(29-14-28-19)30-17-5-4-8-31-12-17/h6-7,9-10,14-15,17H,4-5,8,11-13,27H2,1-3H3,(H,28,29,30)/t17?,22-/m0/s1. The molecule has 3 rings (SSSR count). The summed E-state index contributed by atoms with van der Waals surface area (Å²) in [6.45, 7) is 7.09. The van der Waals surface area contributed by atoms with Crippen molar-refractivity contribution >= 4 is 5.82 Å². The molecule has 1 saturated heterocycles. The van der Waals surface area contributed by atoms with Gasteiger partial charge in [-0.15, -0.1) is 0 Å². The number of rotatable bonds is 8. The van der Waals surface area contributed by atoms with E-state index in [9.17, 15) is 13.2 Å². The first-order valence-corrected chi connectivity index (χ1v) is 10.8. The number of hydrogen-bond donors (Lipinski definition) is 2. The lowest BCUT2D eigenvalue weighted by atomic mass is 9.93. The monoisotopic (exact) mass is 452 g/mol. The minimum atomic E-state index is -4.58. The molecule has 1 aromatic heterocycles. The molecule has 0 spiro atoms. The van der Waals surface area contributed by atoms with Crippen LogP contribution in [0.1, 0.15) is 45.6 Å². The van der Waals surface area contributed by atoms with E-state index in [1.807, 2.05) is 13.8 Å². The summed E-state index contributed by atoms with van der Waals surface area (Å²) in [6.07, 6.45) is -0.715. The maximum absolute atomic E-state index is 13.8. The van der Waals surface area contributed by atoms with Gasteiger partial charge >= 0.3 is 6.18 Å². The highest BCUT2D eigenvalue weighted by Crippen LogP contribution is 2.39. The Hall–Kier alpha value is -2.39. The van der Waals surface area contributed by atoms with E-state index in [4.69, 9.17) is 15.2 Å². The average Bonchev–Trinajstić information content (AvgIpc) is 2.71. The van der Waals surface area contributed by atoms with Crippen molar-refractivity contribution in [2.45, 2.75) is 57.8 Å². The zero-order valence-corrected chi connectivity index (χ0v) is 18.7. The molecule has 0 bridgehead atoms. The highest BCUT2D eigenvalue weighted by molar-refractivity contribution is 5.65. The Bertz CT molecular complexity index is 897. The van der Waals surface area contributed by atoms with E-state index in [0.717, 1.165) is 25.5 Å². The fraction of sp³-hybridized carbons (Fsp3) is 0.565. The lowest BCUT2D eigenvalue weighted by molar-refractivity contribution is -0.139. The molecule has 6 nitrogen and oxygen atoms in total. The summed E-state index contributed by atoms with van der Waals surface area (Å²) >= 11 is 0. The van der Waals surface area contributed by atoms with Gasteiger partial charge in [0.15, 0.2) is 0 Å². The van der Waals surface area contributed by atoms with E-state index < -0.39 is 17.3 Å². The Kier molecular flexibility index (Phi) is 7.61. The number of halogens is 3. The molecule has 2 heterocycles. The molecule has 1 fully saturated rings. The van der Waals surface area contributed by atoms with Crippen molar-refractivity contribution in [3.05, 3.63) is 36.2 Å². The molecule has 0 radical (unpaired) electrons. The Morgan fingerprint density at radius 1 is 1.25 bits per heavy atom. The summed E-state index contributed by atoms with van der Waals surface area (Å²) in [7, 11) is 0. The summed E-state index contributed by atoms with van der Waals surface area (Å²) in [4.78, 5) is 8.35. The highest BCUT2D eigenvalue weighted by atomic mass is 19.4. The lowest BCUT2D eigenvalue weighted by Crippen LogP contribution is -2.43. The molecular formula is C23H31F3N4O2. The van der Waals surface area contributed by atoms with Crippen LogP contribution < -0.4 is 15.8 Å². The van der Waals surface area contributed by atoms with Gasteiger partial charge in [-0.2, -0.15) is 13.2 Å². The van der Waals surface area contributed by atoms with Gasteiger partial charge in [-0.05, 0) is 50.3 Å². The Labute approximate surface area is 186 Å². The van der Waals surface area contributed by atoms with E-state index in [1.165, 1.54) is 12.4 Å². The molecule has 0 aliphatic carbocycles. The van der Waals surface area contributed by atoms with Gasteiger partial charge in [-0.3, -0.25) is 0 Å². The van der Waals surface area contributed by atoms with Crippen LogP contribution in [0.3, 0.4) is 0 Å². The molecule has 1 aliphatic rings. The molecule has 2 aromatic rings. The minimum Gasteiger partial charge on any atom is -0.491 e. The minimum absolute atomic E-state index is 0.0152.